The number of hydrogen-bond donors (Lipinski definition) is 2. The van der Waals surface area contributed by atoms with Gasteiger partial charge in [-0.3, -0.25) is 9.59 Å². The van der Waals surface area contributed by atoms with Gasteiger partial charge in [0.25, 0.3) is 5.91 Å². The highest BCUT2D eigenvalue weighted by Gasteiger charge is 2.14. The van der Waals surface area contributed by atoms with Gasteiger partial charge in [0.05, 0.1) is 5.92 Å². The maximum Gasteiger partial charge on any atom is 0.306 e. The molecule has 0 aliphatic rings. The molecule has 0 saturated carbocycles. The molecule has 106 valence electrons. The molecule has 19 heavy (non-hydrogen) atoms. The van der Waals surface area contributed by atoms with Crippen LogP contribution >= 0.6 is 15.9 Å². The summed E-state index contributed by atoms with van der Waals surface area (Å²) < 4.78 is 2.75. The second-order valence-corrected chi connectivity index (χ2v) is 5.44. The van der Waals surface area contributed by atoms with Gasteiger partial charge in [0.15, 0.2) is 0 Å². The van der Waals surface area contributed by atoms with E-state index >= 15 is 0 Å². The Labute approximate surface area is 121 Å². The molecule has 1 heterocycles. The zero-order valence-corrected chi connectivity index (χ0v) is 12.7. The smallest absolute Gasteiger partial charge is 0.306 e. The Hall–Kier alpha value is -1.30. The average molecular weight is 331 g/mol. The predicted molar refractivity (Wildman–Crippen MR) is 76.2 cm³/mol. The van der Waals surface area contributed by atoms with E-state index in [2.05, 4.69) is 21.2 Å². The van der Waals surface area contributed by atoms with Crippen molar-refractivity contribution in [1.82, 2.24) is 9.88 Å². The summed E-state index contributed by atoms with van der Waals surface area (Å²) in [6.07, 6.45) is 3.24. The highest BCUT2D eigenvalue weighted by atomic mass is 79.9. The Bertz CT molecular complexity index is 457. The van der Waals surface area contributed by atoms with Crippen molar-refractivity contribution < 1.29 is 14.7 Å². The molecule has 0 fully saturated rings. The Balaban J connectivity index is 2.56. The van der Waals surface area contributed by atoms with E-state index in [0.717, 1.165) is 17.4 Å². The van der Waals surface area contributed by atoms with Crippen LogP contribution in [0.1, 0.15) is 37.2 Å². The molecule has 6 heteroatoms. The number of aromatic nitrogens is 1. The van der Waals surface area contributed by atoms with Crippen molar-refractivity contribution in [2.24, 2.45) is 5.92 Å². The minimum atomic E-state index is -0.841. The second-order valence-electron chi connectivity index (χ2n) is 4.52. The summed E-state index contributed by atoms with van der Waals surface area (Å²) in [7, 11) is 0. The number of carboxylic acid groups (broad SMARTS) is 1. The fourth-order valence-corrected chi connectivity index (χ4v) is 2.17. The molecule has 0 radical (unpaired) electrons. The van der Waals surface area contributed by atoms with E-state index in [1.54, 1.807) is 13.0 Å². The van der Waals surface area contributed by atoms with Crippen LogP contribution in [0.3, 0.4) is 0 Å². The van der Waals surface area contributed by atoms with E-state index in [1.807, 2.05) is 17.7 Å². The van der Waals surface area contributed by atoms with Gasteiger partial charge in [-0.2, -0.15) is 0 Å². The van der Waals surface area contributed by atoms with Crippen LogP contribution in [0.4, 0.5) is 0 Å². The third-order valence-corrected chi connectivity index (χ3v) is 3.28. The number of aliphatic carboxylic acids is 1. The van der Waals surface area contributed by atoms with Gasteiger partial charge in [-0.05, 0) is 34.8 Å². The number of carboxylic acids is 1. The van der Waals surface area contributed by atoms with E-state index in [1.165, 1.54) is 0 Å². The van der Waals surface area contributed by atoms with Crippen LogP contribution in [0.2, 0.25) is 0 Å². The van der Waals surface area contributed by atoms with Gasteiger partial charge in [0.1, 0.15) is 5.69 Å². The molecular formula is C13H19BrN2O3. The van der Waals surface area contributed by atoms with Crippen molar-refractivity contribution in [2.75, 3.05) is 6.54 Å². The Kier molecular flexibility index (Phi) is 6.08. The molecule has 1 atom stereocenters. The summed E-state index contributed by atoms with van der Waals surface area (Å²) in [5.74, 6) is -1.46. The molecule has 5 nitrogen and oxygen atoms in total. The van der Waals surface area contributed by atoms with E-state index in [-0.39, 0.29) is 5.91 Å². The lowest BCUT2D eigenvalue weighted by molar-refractivity contribution is -0.141. The molecule has 1 rings (SSSR count). The third-order valence-electron chi connectivity index (χ3n) is 2.84. The number of carbonyl (C=O) groups excluding carboxylic acids is 1. The van der Waals surface area contributed by atoms with Crippen molar-refractivity contribution in [3.05, 3.63) is 22.4 Å². The highest BCUT2D eigenvalue weighted by molar-refractivity contribution is 9.10. The number of rotatable bonds is 7. The van der Waals surface area contributed by atoms with Crippen molar-refractivity contribution in [3.63, 3.8) is 0 Å². The standard InChI is InChI=1S/C13H19BrN2O3/c1-3-6-16-8-10(14)7-11(16)12(17)15-5-4-9(2)13(18)19/h7-9H,3-6H2,1-2H3,(H,15,17)(H,18,19). The second kappa shape index (κ2) is 7.33. The van der Waals surface area contributed by atoms with Gasteiger partial charge < -0.3 is 15.0 Å². The fraction of sp³-hybridized carbons (Fsp3) is 0.538. The minimum Gasteiger partial charge on any atom is -0.481 e. The number of amides is 1. The topological polar surface area (TPSA) is 71.3 Å². The first-order valence-electron chi connectivity index (χ1n) is 6.32. The number of nitrogens with zero attached hydrogens (tertiary/aromatic N) is 1. The van der Waals surface area contributed by atoms with Crippen LogP contribution in [0, 0.1) is 5.92 Å². The van der Waals surface area contributed by atoms with Gasteiger partial charge in [0, 0.05) is 23.8 Å². The Morgan fingerprint density at radius 1 is 1.53 bits per heavy atom. The van der Waals surface area contributed by atoms with Gasteiger partial charge in [-0.15, -0.1) is 0 Å². The van der Waals surface area contributed by atoms with Crippen molar-refractivity contribution >= 4 is 27.8 Å². The summed E-state index contributed by atoms with van der Waals surface area (Å²) >= 11 is 3.35. The monoisotopic (exact) mass is 330 g/mol. The zero-order chi connectivity index (χ0) is 14.4. The summed E-state index contributed by atoms with van der Waals surface area (Å²) in [6.45, 7) is 4.82. The molecule has 1 unspecified atom stereocenters. The van der Waals surface area contributed by atoms with E-state index in [4.69, 9.17) is 5.11 Å². The van der Waals surface area contributed by atoms with Gasteiger partial charge in [-0.25, -0.2) is 0 Å². The van der Waals surface area contributed by atoms with Crippen LogP contribution in [-0.2, 0) is 11.3 Å². The lowest BCUT2D eigenvalue weighted by atomic mass is 10.1. The van der Waals surface area contributed by atoms with Gasteiger partial charge >= 0.3 is 5.97 Å². The molecule has 1 aromatic heterocycles. The number of nitrogens with one attached hydrogen (secondary N) is 1. The lowest BCUT2D eigenvalue weighted by Gasteiger charge is -2.10. The van der Waals surface area contributed by atoms with Crippen LogP contribution in [0.5, 0.6) is 0 Å². The molecule has 0 bridgehead atoms. The summed E-state index contributed by atoms with van der Waals surface area (Å²) in [4.78, 5) is 22.7. The average Bonchev–Trinajstić information content (AvgIpc) is 2.70. The molecule has 0 aromatic carbocycles. The maximum atomic E-state index is 12.0. The Morgan fingerprint density at radius 3 is 2.79 bits per heavy atom. The normalized spacial score (nSPS) is 12.2. The zero-order valence-electron chi connectivity index (χ0n) is 11.1. The fourth-order valence-electron chi connectivity index (χ4n) is 1.71. The minimum absolute atomic E-state index is 0.170. The van der Waals surface area contributed by atoms with Crippen molar-refractivity contribution in [3.8, 4) is 0 Å². The molecule has 0 aliphatic heterocycles. The first-order chi connectivity index (χ1) is 8.95. The van der Waals surface area contributed by atoms with Crippen molar-refractivity contribution in [1.29, 1.82) is 0 Å². The largest absolute Gasteiger partial charge is 0.481 e. The number of carbonyl (C=O) groups is 2. The molecule has 0 saturated heterocycles. The Morgan fingerprint density at radius 2 is 2.21 bits per heavy atom. The summed E-state index contributed by atoms with van der Waals surface area (Å²) in [5, 5.41) is 11.5. The first-order valence-corrected chi connectivity index (χ1v) is 7.11. The van der Waals surface area contributed by atoms with Crippen LogP contribution in [0.25, 0.3) is 0 Å². The molecular weight excluding hydrogens is 312 g/mol. The quantitative estimate of drug-likeness (QED) is 0.806. The lowest BCUT2D eigenvalue weighted by Crippen LogP contribution is -2.28. The third kappa shape index (κ3) is 4.70. The molecule has 1 aromatic rings. The van der Waals surface area contributed by atoms with E-state index < -0.39 is 11.9 Å². The van der Waals surface area contributed by atoms with Crippen molar-refractivity contribution in [2.45, 2.75) is 33.2 Å². The van der Waals surface area contributed by atoms with Crippen LogP contribution < -0.4 is 5.32 Å². The number of aryl methyl sites for hydroxylation is 1. The van der Waals surface area contributed by atoms with Crippen LogP contribution in [0.15, 0.2) is 16.7 Å². The summed E-state index contributed by atoms with van der Waals surface area (Å²) in [6, 6.07) is 1.77. The van der Waals surface area contributed by atoms with E-state index in [0.29, 0.717) is 18.7 Å². The number of halogens is 1. The highest BCUT2D eigenvalue weighted by Crippen LogP contribution is 2.15. The molecule has 0 spiro atoms. The first kappa shape index (κ1) is 15.8. The van der Waals surface area contributed by atoms with E-state index in [9.17, 15) is 9.59 Å². The molecule has 2 N–H and O–H groups in total. The number of hydrogen-bond acceptors (Lipinski definition) is 2. The van der Waals surface area contributed by atoms with Crippen LogP contribution in [-0.4, -0.2) is 28.1 Å². The SMILES string of the molecule is CCCn1cc(Br)cc1C(=O)NCCC(C)C(=O)O. The molecule has 0 aliphatic carbocycles. The molecule has 1 amide bonds. The maximum absolute atomic E-state index is 12.0. The van der Waals surface area contributed by atoms with Gasteiger partial charge in [-0.1, -0.05) is 13.8 Å². The predicted octanol–water partition coefficient (Wildman–Crippen LogP) is 2.50. The van der Waals surface area contributed by atoms with Gasteiger partial charge in [0.2, 0.25) is 0 Å². The summed E-state index contributed by atoms with van der Waals surface area (Å²) in [5.41, 5.74) is 0.594.